The third-order valence-corrected chi connectivity index (χ3v) is 4.46. The normalized spacial score (nSPS) is 25.1. The second-order valence-corrected chi connectivity index (χ2v) is 6.11. The Morgan fingerprint density at radius 3 is 3.05 bits per heavy atom. The minimum Gasteiger partial charge on any atom is -0.374 e. The second kappa shape index (κ2) is 4.92. The summed E-state index contributed by atoms with van der Waals surface area (Å²) in [5.41, 5.74) is 0.659. The first-order valence-corrected chi connectivity index (χ1v) is 7.59. The van der Waals surface area contributed by atoms with Gasteiger partial charge in [-0.15, -0.1) is 4.40 Å². The smallest absolute Gasteiger partial charge is 0.285 e. The van der Waals surface area contributed by atoms with E-state index in [-0.39, 0.29) is 11.0 Å². The van der Waals surface area contributed by atoms with Gasteiger partial charge in [-0.25, -0.2) is 0 Å². The number of fused-ring (bicyclic) bond motifs is 1. The van der Waals surface area contributed by atoms with Gasteiger partial charge < -0.3 is 15.0 Å². The van der Waals surface area contributed by atoms with Gasteiger partial charge in [0.1, 0.15) is 11.2 Å². The van der Waals surface area contributed by atoms with Gasteiger partial charge in [-0.1, -0.05) is 12.1 Å². The maximum absolute atomic E-state index is 11.8. The summed E-state index contributed by atoms with van der Waals surface area (Å²) in [6.07, 6.45) is 1.41. The van der Waals surface area contributed by atoms with Crippen LogP contribution in [0.25, 0.3) is 0 Å². The molecule has 2 aliphatic rings. The van der Waals surface area contributed by atoms with Crippen LogP contribution in [0.5, 0.6) is 0 Å². The van der Waals surface area contributed by atoms with Gasteiger partial charge in [0.15, 0.2) is 0 Å². The van der Waals surface area contributed by atoms with E-state index in [1.54, 1.807) is 18.2 Å². The molecule has 2 aliphatic heterocycles. The summed E-state index contributed by atoms with van der Waals surface area (Å²) in [7, 11) is -3.54. The number of nitrogens with one attached hydrogen (secondary N) is 1. The zero-order valence-corrected chi connectivity index (χ0v) is 11.1. The van der Waals surface area contributed by atoms with E-state index in [2.05, 4.69) is 9.71 Å². The summed E-state index contributed by atoms with van der Waals surface area (Å²) in [6.45, 7) is 2.88. The molecule has 0 saturated carbocycles. The van der Waals surface area contributed by atoms with Crippen LogP contribution in [0.15, 0.2) is 33.6 Å². The van der Waals surface area contributed by atoms with Crippen LogP contribution in [0.4, 0.5) is 5.69 Å². The average Bonchev–Trinajstić information content (AvgIpc) is 2.44. The lowest BCUT2D eigenvalue weighted by molar-refractivity contribution is 0.0350. The van der Waals surface area contributed by atoms with Gasteiger partial charge in [0, 0.05) is 13.1 Å². The fourth-order valence-electron chi connectivity index (χ4n) is 2.25. The number of hydrogen-bond donors (Lipinski definition) is 1. The number of anilines is 1. The van der Waals surface area contributed by atoms with Crippen molar-refractivity contribution in [1.29, 1.82) is 0 Å². The highest BCUT2D eigenvalue weighted by Crippen LogP contribution is 2.29. The highest BCUT2D eigenvalue weighted by Gasteiger charge is 2.27. The van der Waals surface area contributed by atoms with E-state index in [0.717, 1.165) is 13.1 Å². The number of morpholine rings is 1. The first-order chi connectivity index (χ1) is 9.17. The summed E-state index contributed by atoms with van der Waals surface area (Å²) >= 11 is 0. The van der Waals surface area contributed by atoms with E-state index in [1.807, 2.05) is 11.0 Å². The molecule has 1 saturated heterocycles. The van der Waals surface area contributed by atoms with Crippen LogP contribution in [-0.2, 0) is 14.8 Å². The molecule has 1 unspecified atom stereocenters. The third kappa shape index (κ3) is 2.49. The molecule has 0 aliphatic carbocycles. The molecule has 1 atom stereocenters. The number of rotatable bonds is 2. The molecule has 1 N–H and O–H groups in total. The molecule has 0 amide bonds. The lowest BCUT2D eigenvalue weighted by Crippen LogP contribution is -2.45. The monoisotopic (exact) mass is 281 g/mol. The molecule has 0 bridgehead atoms. The van der Waals surface area contributed by atoms with Gasteiger partial charge in [-0.3, -0.25) is 0 Å². The summed E-state index contributed by atoms with van der Waals surface area (Å²) in [4.78, 5) is 2.08. The van der Waals surface area contributed by atoms with Crippen molar-refractivity contribution in [2.45, 2.75) is 11.0 Å². The molecule has 2 heterocycles. The molecule has 102 valence electrons. The number of ether oxygens (including phenoxy) is 1. The lowest BCUT2D eigenvalue weighted by atomic mass is 10.2. The van der Waals surface area contributed by atoms with E-state index in [9.17, 15) is 8.42 Å². The highest BCUT2D eigenvalue weighted by atomic mass is 32.2. The standard InChI is InChI=1S/C12H15N3O3S/c16-19(17)12-4-2-1-3-11(12)15(9-14-19)8-10-7-13-5-6-18-10/h1-4,9-10,13H,5-8H2. The summed E-state index contributed by atoms with van der Waals surface area (Å²) < 4.78 is 33.0. The Balaban J connectivity index is 1.87. The number of nitrogens with zero attached hydrogens (tertiary/aromatic N) is 2. The molecule has 19 heavy (non-hydrogen) atoms. The Morgan fingerprint density at radius 1 is 1.42 bits per heavy atom. The van der Waals surface area contributed by atoms with Crippen molar-refractivity contribution in [2.75, 3.05) is 31.1 Å². The number of hydrogen-bond acceptors (Lipinski definition) is 5. The quantitative estimate of drug-likeness (QED) is 0.839. The van der Waals surface area contributed by atoms with Gasteiger partial charge in [0.25, 0.3) is 10.0 Å². The fraction of sp³-hybridized carbons (Fsp3) is 0.417. The molecule has 1 aromatic carbocycles. The van der Waals surface area contributed by atoms with E-state index in [4.69, 9.17) is 4.74 Å². The second-order valence-electron chi connectivity index (χ2n) is 4.51. The molecule has 0 aromatic heterocycles. The van der Waals surface area contributed by atoms with Crippen LogP contribution >= 0.6 is 0 Å². The predicted octanol–water partition coefficient (Wildman–Crippen LogP) is 0.212. The summed E-state index contributed by atoms with van der Waals surface area (Å²) in [5.74, 6) is 0. The minimum absolute atomic E-state index is 0.0362. The predicted molar refractivity (Wildman–Crippen MR) is 72.1 cm³/mol. The van der Waals surface area contributed by atoms with Crippen molar-refractivity contribution in [3.63, 3.8) is 0 Å². The first-order valence-electron chi connectivity index (χ1n) is 6.15. The van der Waals surface area contributed by atoms with Crippen LogP contribution in [0, 0.1) is 0 Å². The maximum Gasteiger partial charge on any atom is 0.285 e. The van der Waals surface area contributed by atoms with Gasteiger partial charge in [0.05, 0.1) is 24.9 Å². The Hall–Kier alpha value is -1.44. The Morgan fingerprint density at radius 2 is 2.26 bits per heavy atom. The zero-order valence-electron chi connectivity index (χ0n) is 10.3. The molecule has 6 nitrogen and oxygen atoms in total. The van der Waals surface area contributed by atoms with Gasteiger partial charge in [-0.05, 0) is 12.1 Å². The maximum atomic E-state index is 11.8. The number of para-hydroxylation sites is 1. The highest BCUT2D eigenvalue weighted by molar-refractivity contribution is 7.90. The van der Waals surface area contributed by atoms with E-state index >= 15 is 0 Å². The van der Waals surface area contributed by atoms with Gasteiger partial charge in [-0.2, -0.15) is 8.42 Å². The third-order valence-electron chi connectivity index (χ3n) is 3.18. The molecular weight excluding hydrogens is 266 g/mol. The Labute approximate surface area is 112 Å². The first kappa shape index (κ1) is 12.6. The van der Waals surface area contributed by atoms with Crippen LogP contribution in [0.2, 0.25) is 0 Å². The molecule has 3 rings (SSSR count). The molecule has 1 aromatic rings. The molecule has 0 spiro atoms. The summed E-state index contributed by atoms with van der Waals surface area (Å²) in [6, 6.07) is 6.89. The Bertz CT molecular complexity index is 594. The van der Waals surface area contributed by atoms with Crippen molar-refractivity contribution in [2.24, 2.45) is 4.40 Å². The Kier molecular flexibility index (Phi) is 3.26. The van der Waals surface area contributed by atoms with Crippen LogP contribution in [-0.4, -0.2) is 47.1 Å². The molecule has 7 heteroatoms. The van der Waals surface area contributed by atoms with Crippen molar-refractivity contribution < 1.29 is 13.2 Å². The largest absolute Gasteiger partial charge is 0.374 e. The van der Waals surface area contributed by atoms with Gasteiger partial charge in [0.2, 0.25) is 0 Å². The molecule has 0 radical (unpaired) electrons. The van der Waals surface area contributed by atoms with Crippen LogP contribution in [0.1, 0.15) is 0 Å². The van der Waals surface area contributed by atoms with Crippen molar-refractivity contribution in [1.82, 2.24) is 5.32 Å². The van der Waals surface area contributed by atoms with Crippen LogP contribution in [0.3, 0.4) is 0 Å². The minimum atomic E-state index is -3.54. The van der Waals surface area contributed by atoms with Crippen molar-refractivity contribution >= 4 is 22.0 Å². The van der Waals surface area contributed by atoms with E-state index in [1.165, 1.54) is 6.34 Å². The molecule has 1 fully saturated rings. The fourth-order valence-corrected chi connectivity index (χ4v) is 3.30. The van der Waals surface area contributed by atoms with Crippen LogP contribution < -0.4 is 10.2 Å². The molecular formula is C12H15N3O3S. The number of benzene rings is 1. The average molecular weight is 281 g/mol. The SMILES string of the molecule is O=S1(=O)N=CN(CC2CNCCO2)c2ccccc21. The zero-order chi connectivity index (χ0) is 13.3. The number of sulfonamides is 1. The lowest BCUT2D eigenvalue weighted by Gasteiger charge is -2.31. The topological polar surface area (TPSA) is 71.0 Å². The van der Waals surface area contributed by atoms with Gasteiger partial charge >= 0.3 is 0 Å². The summed E-state index contributed by atoms with van der Waals surface area (Å²) in [5, 5.41) is 3.25. The van der Waals surface area contributed by atoms with Crippen molar-refractivity contribution in [3.05, 3.63) is 24.3 Å². The van der Waals surface area contributed by atoms with E-state index in [0.29, 0.717) is 18.8 Å². The van der Waals surface area contributed by atoms with Crippen molar-refractivity contribution in [3.8, 4) is 0 Å². The van der Waals surface area contributed by atoms with E-state index < -0.39 is 10.0 Å².